The number of hydrogen-bond acceptors (Lipinski definition) is 4. The van der Waals surface area contributed by atoms with E-state index in [4.69, 9.17) is 9.84 Å². The summed E-state index contributed by atoms with van der Waals surface area (Å²) in [7, 11) is 0. The van der Waals surface area contributed by atoms with E-state index in [2.05, 4.69) is 31.3 Å². The van der Waals surface area contributed by atoms with Gasteiger partial charge in [-0.15, -0.1) is 0 Å². The molecule has 1 amide bonds. The van der Waals surface area contributed by atoms with Gasteiger partial charge in [-0.1, -0.05) is 41.0 Å². The summed E-state index contributed by atoms with van der Waals surface area (Å²) >= 11 is 0. The van der Waals surface area contributed by atoms with Crippen molar-refractivity contribution in [2.24, 2.45) is 0 Å². The highest BCUT2D eigenvalue weighted by atomic mass is 16.5. The molecule has 0 fully saturated rings. The predicted octanol–water partition coefficient (Wildman–Crippen LogP) is 4.78. The Labute approximate surface area is 176 Å². The van der Waals surface area contributed by atoms with Crippen molar-refractivity contribution in [1.29, 1.82) is 0 Å². The number of aliphatic hydroxyl groups is 1. The number of allylic oxidation sites excluding steroid dienone is 6. The maximum atomic E-state index is 11.9. The van der Waals surface area contributed by atoms with Crippen LogP contribution in [0, 0.1) is 0 Å². The van der Waals surface area contributed by atoms with Crippen LogP contribution in [0.2, 0.25) is 0 Å². The predicted molar refractivity (Wildman–Crippen MR) is 119 cm³/mol. The Bertz CT molecular complexity index is 627. The molecule has 0 aliphatic heterocycles. The van der Waals surface area contributed by atoms with Crippen molar-refractivity contribution in [2.75, 3.05) is 19.8 Å². The molecule has 2 N–H and O–H groups in total. The molecular formula is C24H39NO4. The highest BCUT2D eigenvalue weighted by molar-refractivity contribution is 5.92. The number of rotatable bonds is 14. The van der Waals surface area contributed by atoms with Crippen LogP contribution in [0.5, 0.6) is 0 Å². The minimum atomic E-state index is -0.343. The third-order valence-corrected chi connectivity index (χ3v) is 4.54. The monoisotopic (exact) mass is 405 g/mol. The van der Waals surface area contributed by atoms with Crippen LogP contribution in [-0.2, 0) is 14.3 Å². The van der Waals surface area contributed by atoms with Gasteiger partial charge in [0.1, 0.15) is 6.61 Å². The number of carbonyl (C=O) groups is 2. The van der Waals surface area contributed by atoms with Crippen LogP contribution in [0.3, 0.4) is 0 Å². The Morgan fingerprint density at radius 3 is 1.76 bits per heavy atom. The summed E-state index contributed by atoms with van der Waals surface area (Å²) in [5.74, 6) is -0.464. The van der Waals surface area contributed by atoms with E-state index in [0.717, 1.165) is 38.5 Å². The first-order valence-corrected chi connectivity index (χ1v) is 10.4. The first-order chi connectivity index (χ1) is 13.8. The van der Waals surface area contributed by atoms with Gasteiger partial charge in [-0.05, 0) is 66.2 Å². The summed E-state index contributed by atoms with van der Waals surface area (Å²) < 4.78 is 4.78. The summed E-state index contributed by atoms with van der Waals surface area (Å²) in [4.78, 5) is 22.6. The van der Waals surface area contributed by atoms with Gasteiger partial charge >= 0.3 is 5.97 Å². The molecule has 5 nitrogen and oxygen atoms in total. The second-order valence-corrected chi connectivity index (χ2v) is 7.43. The van der Waals surface area contributed by atoms with Crippen molar-refractivity contribution in [3.05, 3.63) is 46.6 Å². The lowest BCUT2D eigenvalue weighted by Crippen LogP contribution is -2.28. The van der Waals surface area contributed by atoms with Crippen LogP contribution in [0.25, 0.3) is 0 Å². The van der Waals surface area contributed by atoms with E-state index in [-0.39, 0.29) is 25.1 Å². The molecule has 29 heavy (non-hydrogen) atoms. The first-order valence-electron chi connectivity index (χ1n) is 10.4. The lowest BCUT2D eigenvalue weighted by molar-refractivity contribution is -0.141. The quantitative estimate of drug-likeness (QED) is 0.189. The van der Waals surface area contributed by atoms with Gasteiger partial charge in [0, 0.05) is 12.5 Å². The molecule has 0 aromatic carbocycles. The Morgan fingerprint density at radius 1 is 0.793 bits per heavy atom. The van der Waals surface area contributed by atoms with E-state index in [9.17, 15) is 9.59 Å². The zero-order valence-corrected chi connectivity index (χ0v) is 18.8. The number of aliphatic hydroxyl groups excluding tert-OH is 1. The molecule has 0 rings (SSSR count). The standard InChI is InChI=1S/C24H39NO4/c1-19(11-7-12-21(3)15-17-26)9-6-10-20(2)13-8-14-22(4)24(28)25-16-18-29-23(5)27/h10-11,14-15,26H,6-9,12-13,16-18H2,1-5H3,(H,25,28). The Balaban J connectivity index is 4.10. The summed E-state index contributed by atoms with van der Waals surface area (Å²) in [5, 5.41) is 11.6. The summed E-state index contributed by atoms with van der Waals surface area (Å²) in [6.07, 6.45) is 14.2. The molecule has 164 valence electrons. The molecule has 5 heteroatoms. The molecule has 0 heterocycles. The number of amides is 1. The molecule has 0 aliphatic rings. The average Bonchev–Trinajstić information content (AvgIpc) is 2.65. The molecule has 0 atom stereocenters. The van der Waals surface area contributed by atoms with Crippen LogP contribution in [-0.4, -0.2) is 36.7 Å². The van der Waals surface area contributed by atoms with Gasteiger partial charge in [-0.25, -0.2) is 0 Å². The summed E-state index contributed by atoms with van der Waals surface area (Å²) in [6, 6.07) is 0. The van der Waals surface area contributed by atoms with Crippen molar-refractivity contribution < 1.29 is 19.4 Å². The summed E-state index contributed by atoms with van der Waals surface area (Å²) in [5.41, 5.74) is 4.64. The van der Waals surface area contributed by atoms with Crippen molar-refractivity contribution in [3.63, 3.8) is 0 Å². The molecule has 0 aromatic rings. The molecule has 0 radical (unpaired) electrons. The van der Waals surface area contributed by atoms with Gasteiger partial charge in [0.15, 0.2) is 0 Å². The molecule has 0 aliphatic carbocycles. The van der Waals surface area contributed by atoms with Crippen LogP contribution < -0.4 is 5.32 Å². The number of ether oxygens (including phenoxy) is 1. The SMILES string of the molecule is CC(=O)OCCNC(=O)C(C)=CCCC(C)=CCCC(C)=CCCC(C)=CCO. The van der Waals surface area contributed by atoms with Crippen LogP contribution >= 0.6 is 0 Å². The number of carbonyl (C=O) groups excluding carboxylic acids is 2. The summed E-state index contributed by atoms with van der Waals surface area (Å²) in [6.45, 7) is 10.1. The third-order valence-electron chi connectivity index (χ3n) is 4.54. The normalized spacial score (nSPS) is 13.4. The smallest absolute Gasteiger partial charge is 0.302 e. The van der Waals surface area contributed by atoms with Gasteiger partial charge in [-0.2, -0.15) is 0 Å². The van der Waals surface area contributed by atoms with Crippen LogP contribution in [0.15, 0.2) is 46.6 Å². The fraction of sp³-hybridized carbons (Fsp3) is 0.583. The van der Waals surface area contributed by atoms with Crippen molar-refractivity contribution in [1.82, 2.24) is 5.32 Å². The van der Waals surface area contributed by atoms with Crippen molar-refractivity contribution in [3.8, 4) is 0 Å². The van der Waals surface area contributed by atoms with Gasteiger partial charge in [-0.3, -0.25) is 9.59 Å². The number of esters is 1. The minimum absolute atomic E-state index is 0.119. The zero-order valence-electron chi connectivity index (χ0n) is 18.8. The van der Waals surface area contributed by atoms with Crippen molar-refractivity contribution >= 4 is 11.9 Å². The van der Waals surface area contributed by atoms with E-state index in [1.54, 1.807) is 6.92 Å². The zero-order chi connectivity index (χ0) is 22.1. The lowest BCUT2D eigenvalue weighted by Gasteiger charge is -2.06. The van der Waals surface area contributed by atoms with E-state index in [1.165, 1.54) is 23.6 Å². The molecule has 0 unspecified atom stereocenters. The third kappa shape index (κ3) is 16.5. The average molecular weight is 406 g/mol. The second kappa shape index (κ2) is 16.8. The van der Waals surface area contributed by atoms with Crippen LogP contribution in [0.4, 0.5) is 0 Å². The van der Waals surface area contributed by atoms with Crippen molar-refractivity contribution in [2.45, 2.75) is 73.1 Å². The van der Waals surface area contributed by atoms with Gasteiger partial charge in [0.05, 0.1) is 13.2 Å². The highest BCUT2D eigenvalue weighted by Gasteiger charge is 2.03. The fourth-order valence-corrected chi connectivity index (χ4v) is 2.66. The topological polar surface area (TPSA) is 75.6 Å². The maximum absolute atomic E-state index is 11.9. The molecule has 0 saturated heterocycles. The largest absolute Gasteiger partial charge is 0.464 e. The van der Waals surface area contributed by atoms with E-state index in [1.807, 2.05) is 19.1 Å². The first kappa shape index (κ1) is 26.9. The lowest BCUT2D eigenvalue weighted by atomic mass is 10.0. The van der Waals surface area contributed by atoms with Gasteiger partial charge in [0.2, 0.25) is 5.91 Å². The van der Waals surface area contributed by atoms with Gasteiger partial charge in [0.25, 0.3) is 0 Å². The Hall–Kier alpha value is -2.14. The van der Waals surface area contributed by atoms with E-state index >= 15 is 0 Å². The fourth-order valence-electron chi connectivity index (χ4n) is 2.66. The second-order valence-electron chi connectivity index (χ2n) is 7.43. The molecule has 0 saturated carbocycles. The molecule has 0 spiro atoms. The Kier molecular flexibility index (Phi) is 15.5. The molecule has 0 bridgehead atoms. The van der Waals surface area contributed by atoms with Crippen LogP contribution in [0.1, 0.15) is 73.1 Å². The highest BCUT2D eigenvalue weighted by Crippen LogP contribution is 2.13. The van der Waals surface area contributed by atoms with E-state index < -0.39 is 0 Å². The molecule has 0 aromatic heterocycles. The molecular weight excluding hydrogens is 366 g/mol. The number of hydrogen-bond donors (Lipinski definition) is 2. The minimum Gasteiger partial charge on any atom is -0.464 e. The van der Waals surface area contributed by atoms with Gasteiger partial charge < -0.3 is 15.2 Å². The Morgan fingerprint density at radius 2 is 1.28 bits per heavy atom. The van der Waals surface area contributed by atoms with E-state index in [0.29, 0.717) is 12.1 Å². The maximum Gasteiger partial charge on any atom is 0.302 e. The number of nitrogens with one attached hydrogen (secondary N) is 1.